The SMILES string of the molecule is CCN1C(=O)/C(=C\c2cc3c(cc2Cl)N(CC)C(C)(C)C=C3C)SC1=Nc1ccc(N2CCOCC2)cc1. The fraction of sp³-hybridized carbons (Fsp3) is 0.400. The average molecular weight is 551 g/mol. The van der Waals surface area contributed by atoms with Crippen LogP contribution in [0.3, 0.4) is 0 Å². The van der Waals surface area contributed by atoms with E-state index >= 15 is 0 Å². The number of ether oxygens (including phenoxy) is 1. The number of hydrogen-bond acceptors (Lipinski definition) is 6. The molecule has 1 amide bonds. The Hall–Kier alpha value is -2.74. The summed E-state index contributed by atoms with van der Waals surface area (Å²) in [5, 5.41) is 1.33. The van der Waals surface area contributed by atoms with E-state index in [0.717, 1.165) is 61.0 Å². The molecular formula is C30H35ClN4O2S. The van der Waals surface area contributed by atoms with Gasteiger partial charge in [-0.3, -0.25) is 9.69 Å². The molecule has 0 aliphatic carbocycles. The second kappa shape index (κ2) is 10.8. The van der Waals surface area contributed by atoms with Gasteiger partial charge in [-0.25, -0.2) is 4.99 Å². The first-order valence-corrected chi connectivity index (χ1v) is 14.4. The van der Waals surface area contributed by atoms with Crippen LogP contribution in [0, 0.1) is 0 Å². The van der Waals surface area contributed by atoms with Gasteiger partial charge in [0, 0.05) is 48.1 Å². The van der Waals surface area contributed by atoms with Gasteiger partial charge in [0.1, 0.15) is 0 Å². The van der Waals surface area contributed by atoms with Gasteiger partial charge in [-0.15, -0.1) is 0 Å². The topological polar surface area (TPSA) is 48.4 Å². The Morgan fingerprint density at radius 3 is 2.47 bits per heavy atom. The third-order valence-electron chi connectivity index (χ3n) is 7.35. The fourth-order valence-corrected chi connectivity index (χ4v) is 6.75. The number of benzene rings is 2. The molecule has 0 bridgehead atoms. The standard InChI is InChI=1S/C30H35ClN4O2S/c1-6-34-28(36)27(38-29(34)32-22-8-10-23(11-9-22)33-12-14-37-15-13-33)17-21-16-24-20(3)19-30(4,5)35(7-2)26(24)18-25(21)31/h8-11,16-19H,6-7,12-15H2,1-5H3/b27-17+,32-29?. The molecule has 3 aliphatic rings. The average Bonchev–Trinajstić information content (AvgIpc) is 3.19. The molecule has 2 aromatic carbocycles. The van der Waals surface area contributed by atoms with Crippen molar-refractivity contribution in [2.45, 2.75) is 40.2 Å². The molecule has 0 unspecified atom stereocenters. The minimum atomic E-state index is -0.0835. The molecule has 3 aliphatic heterocycles. The first-order valence-electron chi connectivity index (χ1n) is 13.3. The zero-order valence-electron chi connectivity index (χ0n) is 22.8. The van der Waals surface area contributed by atoms with Crippen molar-refractivity contribution in [2.24, 2.45) is 4.99 Å². The van der Waals surface area contributed by atoms with Gasteiger partial charge in [0.2, 0.25) is 0 Å². The van der Waals surface area contributed by atoms with Crippen molar-refractivity contribution in [1.82, 2.24) is 4.90 Å². The lowest BCUT2D eigenvalue weighted by Gasteiger charge is -2.43. The van der Waals surface area contributed by atoms with E-state index in [-0.39, 0.29) is 11.4 Å². The summed E-state index contributed by atoms with van der Waals surface area (Å²) in [7, 11) is 0. The largest absolute Gasteiger partial charge is 0.378 e. The number of rotatable bonds is 5. The Kier molecular flexibility index (Phi) is 7.63. The van der Waals surface area contributed by atoms with E-state index in [9.17, 15) is 4.79 Å². The predicted molar refractivity (Wildman–Crippen MR) is 162 cm³/mol. The molecule has 2 saturated heterocycles. The van der Waals surface area contributed by atoms with Crippen LogP contribution in [0.5, 0.6) is 0 Å². The highest BCUT2D eigenvalue weighted by molar-refractivity contribution is 8.18. The molecule has 6 nitrogen and oxygen atoms in total. The number of allylic oxidation sites excluding steroid dienone is 1. The normalized spacial score (nSPS) is 21.4. The Balaban J connectivity index is 1.43. The molecule has 5 rings (SSSR count). The molecule has 0 aromatic heterocycles. The van der Waals surface area contributed by atoms with Crippen LogP contribution in [0.4, 0.5) is 17.1 Å². The first kappa shape index (κ1) is 26.9. The zero-order valence-corrected chi connectivity index (χ0v) is 24.3. The maximum atomic E-state index is 13.3. The van der Waals surface area contributed by atoms with E-state index in [2.05, 4.69) is 61.8 Å². The molecule has 2 fully saturated rings. The quantitative estimate of drug-likeness (QED) is 0.382. The smallest absolute Gasteiger partial charge is 0.266 e. The van der Waals surface area contributed by atoms with Gasteiger partial charge in [0.15, 0.2) is 5.17 Å². The van der Waals surface area contributed by atoms with Crippen molar-refractivity contribution in [3.05, 3.63) is 63.5 Å². The van der Waals surface area contributed by atoms with Crippen molar-refractivity contribution in [3.8, 4) is 0 Å². The molecule has 0 spiro atoms. The van der Waals surface area contributed by atoms with Crippen molar-refractivity contribution in [2.75, 3.05) is 49.2 Å². The minimum absolute atomic E-state index is 0.0430. The van der Waals surface area contributed by atoms with Crippen LogP contribution in [-0.4, -0.2) is 60.9 Å². The number of carbonyl (C=O) groups is 1. The second-order valence-corrected chi connectivity index (χ2v) is 11.7. The molecule has 0 saturated carbocycles. The Bertz CT molecular complexity index is 1330. The van der Waals surface area contributed by atoms with E-state index in [1.54, 1.807) is 4.90 Å². The van der Waals surface area contributed by atoms with Crippen LogP contribution in [-0.2, 0) is 9.53 Å². The summed E-state index contributed by atoms with van der Waals surface area (Å²) in [5.41, 5.74) is 6.25. The minimum Gasteiger partial charge on any atom is -0.378 e. The number of likely N-dealkylation sites (N-methyl/N-ethyl adjacent to an activating group) is 2. The maximum absolute atomic E-state index is 13.3. The number of aliphatic imine (C=N–C) groups is 1. The lowest BCUT2D eigenvalue weighted by atomic mass is 9.88. The van der Waals surface area contributed by atoms with Crippen LogP contribution in [0.15, 0.2) is 52.4 Å². The number of nitrogens with zero attached hydrogens (tertiary/aromatic N) is 4. The number of fused-ring (bicyclic) bond motifs is 1. The summed E-state index contributed by atoms with van der Waals surface area (Å²) in [6.07, 6.45) is 4.21. The first-order chi connectivity index (χ1) is 18.2. The molecular weight excluding hydrogens is 516 g/mol. The van der Waals surface area contributed by atoms with Gasteiger partial charge in [0.25, 0.3) is 5.91 Å². The van der Waals surface area contributed by atoms with Crippen LogP contribution >= 0.6 is 23.4 Å². The molecule has 0 N–H and O–H groups in total. The van der Waals surface area contributed by atoms with Gasteiger partial charge >= 0.3 is 0 Å². The van der Waals surface area contributed by atoms with Crippen LogP contribution in [0.1, 0.15) is 45.7 Å². The van der Waals surface area contributed by atoms with E-state index in [1.165, 1.54) is 17.3 Å². The summed E-state index contributed by atoms with van der Waals surface area (Å²) >= 11 is 8.20. The monoisotopic (exact) mass is 550 g/mol. The Morgan fingerprint density at radius 2 is 1.82 bits per heavy atom. The van der Waals surface area contributed by atoms with Crippen LogP contribution < -0.4 is 9.80 Å². The van der Waals surface area contributed by atoms with E-state index in [4.69, 9.17) is 21.3 Å². The predicted octanol–water partition coefficient (Wildman–Crippen LogP) is 6.82. The zero-order chi connectivity index (χ0) is 27.0. The molecule has 8 heteroatoms. The molecule has 0 radical (unpaired) electrons. The molecule has 3 heterocycles. The number of carbonyl (C=O) groups excluding carboxylic acids is 1. The Morgan fingerprint density at radius 1 is 1.11 bits per heavy atom. The van der Waals surface area contributed by atoms with E-state index in [0.29, 0.717) is 21.6 Å². The van der Waals surface area contributed by atoms with E-state index < -0.39 is 0 Å². The highest BCUT2D eigenvalue weighted by Crippen LogP contribution is 2.43. The number of morpholine rings is 1. The lowest BCUT2D eigenvalue weighted by molar-refractivity contribution is -0.122. The Labute approximate surface area is 235 Å². The summed E-state index contributed by atoms with van der Waals surface area (Å²) in [6.45, 7) is 15.4. The third-order valence-corrected chi connectivity index (χ3v) is 8.69. The third kappa shape index (κ3) is 5.12. The van der Waals surface area contributed by atoms with Crippen LogP contribution in [0.2, 0.25) is 5.02 Å². The number of hydrogen-bond donors (Lipinski definition) is 0. The summed E-state index contributed by atoms with van der Waals surface area (Å²) in [5.74, 6) is -0.0430. The molecule has 38 heavy (non-hydrogen) atoms. The number of thioether (sulfide) groups is 1. The summed E-state index contributed by atoms with van der Waals surface area (Å²) < 4.78 is 5.46. The molecule has 2 aromatic rings. The fourth-order valence-electron chi connectivity index (χ4n) is 5.48. The molecule has 200 valence electrons. The lowest BCUT2D eigenvalue weighted by Crippen LogP contribution is -2.44. The van der Waals surface area contributed by atoms with Crippen molar-refractivity contribution in [1.29, 1.82) is 0 Å². The number of amides is 1. The molecule has 0 atom stereocenters. The summed E-state index contributed by atoms with van der Waals surface area (Å²) in [6, 6.07) is 12.3. The van der Waals surface area contributed by atoms with Crippen molar-refractivity contribution >= 4 is 63.1 Å². The van der Waals surface area contributed by atoms with Gasteiger partial charge in [-0.1, -0.05) is 17.7 Å². The summed E-state index contributed by atoms with van der Waals surface area (Å²) in [4.78, 5) is 25.2. The highest BCUT2D eigenvalue weighted by Gasteiger charge is 2.34. The van der Waals surface area contributed by atoms with Crippen molar-refractivity contribution < 1.29 is 9.53 Å². The number of amidine groups is 1. The van der Waals surface area contributed by atoms with Gasteiger partial charge in [0.05, 0.1) is 29.3 Å². The van der Waals surface area contributed by atoms with Crippen molar-refractivity contribution in [3.63, 3.8) is 0 Å². The number of anilines is 2. The highest BCUT2D eigenvalue weighted by atomic mass is 35.5. The van der Waals surface area contributed by atoms with Gasteiger partial charge in [-0.2, -0.15) is 0 Å². The number of halogens is 1. The van der Waals surface area contributed by atoms with E-state index in [1.807, 2.05) is 31.2 Å². The van der Waals surface area contributed by atoms with Gasteiger partial charge in [-0.05, 0) is 100.0 Å². The van der Waals surface area contributed by atoms with Crippen LogP contribution in [0.25, 0.3) is 11.6 Å². The maximum Gasteiger partial charge on any atom is 0.266 e. The second-order valence-electron chi connectivity index (χ2n) is 10.3. The van der Waals surface area contributed by atoms with Gasteiger partial charge < -0.3 is 14.5 Å².